The van der Waals surface area contributed by atoms with E-state index in [4.69, 9.17) is 27.9 Å². The minimum Gasteiger partial charge on any atom is -0.483 e. The normalized spacial score (nSPS) is 11.6. The number of rotatable bonds is 11. The number of nitrogens with one attached hydrogen (secondary N) is 1. The van der Waals surface area contributed by atoms with Crippen LogP contribution in [0.4, 0.5) is 0 Å². The van der Waals surface area contributed by atoms with Gasteiger partial charge in [0.15, 0.2) is 6.61 Å². The van der Waals surface area contributed by atoms with E-state index in [1.165, 1.54) is 0 Å². The number of nitrogens with zero attached hydrogens (tertiary/aromatic N) is 1. The molecule has 2 amide bonds. The lowest BCUT2D eigenvalue weighted by Gasteiger charge is -2.31. The van der Waals surface area contributed by atoms with E-state index in [2.05, 4.69) is 5.32 Å². The Morgan fingerprint density at radius 2 is 1.69 bits per heavy atom. The Kier molecular flexibility index (Phi) is 10.2. The maximum Gasteiger partial charge on any atom is 0.261 e. The second-order valence-corrected chi connectivity index (χ2v) is 9.64. The second kappa shape index (κ2) is 13.3. The van der Waals surface area contributed by atoms with E-state index in [-0.39, 0.29) is 25.0 Å². The number of carbonyl (C=O) groups is 2. The Morgan fingerprint density at radius 1 is 0.944 bits per heavy atom. The van der Waals surface area contributed by atoms with Crippen molar-refractivity contribution in [1.82, 2.24) is 10.2 Å². The summed E-state index contributed by atoms with van der Waals surface area (Å²) in [5.74, 6) is 0.132. The van der Waals surface area contributed by atoms with Gasteiger partial charge in [0.1, 0.15) is 11.8 Å². The molecule has 0 aliphatic heterocycles. The Balaban J connectivity index is 1.92. The largest absolute Gasteiger partial charge is 0.483 e. The smallest absolute Gasteiger partial charge is 0.261 e. The predicted molar refractivity (Wildman–Crippen MR) is 146 cm³/mol. The zero-order chi connectivity index (χ0) is 26.1. The summed E-state index contributed by atoms with van der Waals surface area (Å²) in [6.07, 6.45) is 1.16. The van der Waals surface area contributed by atoms with E-state index in [0.29, 0.717) is 28.8 Å². The van der Waals surface area contributed by atoms with E-state index in [1.807, 2.05) is 75.4 Å². The van der Waals surface area contributed by atoms with Gasteiger partial charge in [-0.05, 0) is 55.2 Å². The number of amides is 2. The molecule has 0 aromatic heterocycles. The number of carbonyl (C=O) groups excluding carboxylic acids is 2. The number of ether oxygens (including phenoxy) is 1. The fraction of sp³-hybridized carbons (Fsp3) is 0.310. The van der Waals surface area contributed by atoms with E-state index < -0.39 is 6.04 Å². The molecule has 0 aliphatic carbocycles. The summed E-state index contributed by atoms with van der Waals surface area (Å²) in [6.45, 7) is 6.45. The molecule has 0 fully saturated rings. The van der Waals surface area contributed by atoms with Crippen LogP contribution in [0, 0.1) is 13.8 Å². The third kappa shape index (κ3) is 7.74. The van der Waals surface area contributed by atoms with Crippen LogP contribution in [0.3, 0.4) is 0 Å². The molecule has 0 spiro atoms. The molecule has 3 aromatic carbocycles. The average molecular weight is 527 g/mol. The van der Waals surface area contributed by atoms with Crippen LogP contribution in [0.1, 0.15) is 35.6 Å². The van der Waals surface area contributed by atoms with Crippen molar-refractivity contribution < 1.29 is 14.3 Å². The van der Waals surface area contributed by atoms with Crippen LogP contribution in [0.2, 0.25) is 10.0 Å². The van der Waals surface area contributed by atoms with Crippen LogP contribution >= 0.6 is 23.2 Å². The van der Waals surface area contributed by atoms with Crippen LogP contribution in [0.5, 0.6) is 5.75 Å². The molecule has 0 heterocycles. The number of aryl methyl sites for hydroxylation is 2. The number of hydrogen-bond donors (Lipinski definition) is 1. The van der Waals surface area contributed by atoms with Crippen LogP contribution in [0.25, 0.3) is 0 Å². The van der Waals surface area contributed by atoms with E-state index in [1.54, 1.807) is 17.0 Å². The standard InChI is InChI=1S/C29H32Cl2N2O3/c1-4-14-32-29(35)26(17-22-8-6-5-7-9-22)33(18-23-11-12-24(30)25(31)16-23)28(34)19-36-27-13-10-20(2)15-21(27)3/h5-13,15-16,26H,4,14,17-19H2,1-3H3,(H,32,35). The lowest BCUT2D eigenvalue weighted by molar-refractivity contribution is -0.142. The maximum absolute atomic E-state index is 13.6. The molecule has 0 saturated heterocycles. The second-order valence-electron chi connectivity index (χ2n) is 8.82. The lowest BCUT2D eigenvalue weighted by atomic mass is 10.0. The highest BCUT2D eigenvalue weighted by atomic mass is 35.5. The number of benzene rings is 3. The first kappa shape index (κ1) is 27.6. The van der Waals surface area contributed by atoms with Crippen molar-refractivity contribution in [2.24, 2.45) is 0 Å². The highest BCUT2D eigenvalue weighted by molar-refractivity contribution is 6.42. The summed E-state index contributed by atoms with van der Waals surface area (Å²) in [4.78, 5) is 28.5. The molecule has 3 rings (SSSR count). The molecule has 0 aliphatic rings. The molecule has 7 heteroatoms. The van der Waals surface area contributed by atoms with Gasteiger partial charge in [0, 0.05) is 19.5 Å². The lowest BCUT2D eigenvalue weighted by Crippen LogP contribution is -2.51. The summed E-state index contributed by atoms with van der Waals surface area (Å²) in [7, 11) is 0. The monoisotopic (exact) mass is 526 g/mol. The molecule has 1 atom stereocenters. The first-order valence-corrected chi connectivity index (χ1v) is 12.8. The van der Waals surface area contributed by atoms with E-state index >= 15 is 0 Å². The summed E-state index contributed by atoms with van der Waals surface area (Å²) in [5.41, 5.74) is 3.78. The third-order valence-corrected chi connectivity index (χ3v) is 6.58. The fourth-order valence-corrected chi connectivity index (χ4v) is 4.26. The van der Waals surface area contributed by atoms with Gasteiger partial charge in [-0.25, -0.2) is 0 Å². The summed E-state index contributed by atoms with van der Waals surface area (Å²) >= 11 is 12.4. The zero-order valence-electron chi connectivity index (χ0n) is 20.9. The maximum atomic E-state index is 13.6. The van der Waals surface area contributed by atoms with Gasteiger partial charge in [0.05, 0.1) is 10.0 Å². The third-order valence-electron chi connectivity index (χ3n) is 5.84. The van der Waals surface area contributed by atoms with E-state index in [0.717, 1.165) is 28.7 Å². The quantitative estimate of drug-likeness (QED) is 0.325. The van der Waals surface area contributed by atoms with E-state index in [9.17, 15) is 9.59 Å². The Labute approximate surface area is 223 Å². The topological polar surface area (TPSA) is 58.6 Å². The molecule has 0 radical (unpaired) electrons. The molecule has 190 valence electrons. The van der Waals surface area contributed by atoms with Crippen molar-refractivity contribution in [1.29, 1.82) is 0 Å². The van der Waals surface area contributed by atoms with Gasteiger partial charge in [-0.3, -0.25) is 9.59 Å². The molecular weight excluding hydrogens is 495 g/mol. The van der Waals surface area contributed by atoms with Crippen LogP contribution in [-0.2, 0) is 22.6 Å². The molecule has 36 heavy (non-hydrogen) atoms. The molecular formula is C29H32Cl2N2O3. The molecule has 0 bridgehead atoms. The first-order valence-electron chi connectivity index (χ1n) is 12.0. The van der Waals surface area contributed by atoms with Crippen molar-refractivity contribution in [2.75, 3.05) is 13.2 Å². The predicted octanol–water partition coefficient (Wildman–Crippen LogP) is 6.16. The molecule has 5 nitrogen and oxygen atoms in total. The van der Waals surface area contributed by atoms with Crippen LogP contribution in [-0.4, -0.2) is 35.9 Å². The Morgan fingerprint density at radius 3 is 2.36 bits per heavy atom. The van der Waals surface area contributed by atoms with Crippen molar-refractivity contribution in [3.8, 4) is 5.75 Å². The van der Waals surface area contributed by atoms with Crippen molar-refractivity contribution in [3.05, 3.63) is 99.0 Å². The SMILES string of the molecule is CCCNC(=O)C(Cc1ccccc1)N(Cc1ccc(Cl)c(Cl)c1)C(=O)COc1ccc(C)cc1C. The van der Waals surface area contributed by atoms with Crippen molar-refractivity contribution in [2.45, 2.75) is 46.2 Å². The average Bonchev–Trinajstić information content (AvgIpc) is 2.86. The molecule has 0 saturated carbocycles. The van der Waals surface area contributed by atoms with Crippen molar-refractivity contribution >= 4 is 35.0 Å². The molecule has 1 N–H and O–H groups in total. The highest BCUT2D eigenvalue weighted by Crippen LogP contribution is 2.25. The number of halogens is 2. The minimum absolute atomic E-state index is 0.184. The summed E-state index contributed by atoms with van der Waals surface area (Å²) < 4.78 is 5.91. The fourth-order valence-electron chi connectivity index (χ4n) is 3.94. The zero-order valence-corrected chi connectivity index (χ0v) is 22.4. The highest BCUT2D eigenvalue weighted by Gasteiger charge is 2.30. The van der Waals surface area contributed by atoms with Gasteiger partial charge in [0.25, 0.3) is 5.91 Å². The van der Waals surface area contributed by atoms with Gasteiger partial charge < -0.3 is 15.0 Å². The van der Waals surface area contributed by atoms with Gasteiger partial charge in [-0.15, -0.1) is 0 Å². The first-order chi connectivity index (χ1) is 17.3. The van der Waals surface area contributed by atoms with Gasteiger partial charge >= 0.3 is 0 Å². The van der Waals surface area contributed by atoms with Gasteiger partial charge in [-0.2, -0.15) is 0 Å². The Bertz CT molecular complexity index is 1180. The van der Waals surface area contributed by atoms with Crippen LogP contribution < -0.4 is 10.1 Å². The summed E-state index contributed by atoms with van der Waals surface area (Å²) in [5, 5.41) is 3.78. The van der Waals surface area contributed by atoms with Gasteiger partial charge in [0.2, 0.25) is 5.91 Å². The Hall–Kier alpha value is -3.02. The minimum atomic E-state index is -0.733. The van der Waals surface area contributed by atoms with Crippen molar-refractivity contribution in [3.63, 3.8) is 0 Å². The molecule has 3 aromatic rings. The van der Waals surface area contributed by atoms with Crippen LogP contribution in [0.15, 0.2) is 66.7 Å². The number of hydrogen-bond acceptors (Lipinski definition) is 3. The molecule has 1 unspecified atom stereocenters. The van der Waals surface area contributed by atoms with Gasteiger partial charge in [-0.1, -0.05) is 84.2 Å². The summed E-state index contributed by atoms with van der Waals surface area (Å²) in [6, 6.07) is 20.0.